The minimum atomic E-state index is -0.368. The van der Waals surface area contributed by atoms with Gasteiger partial charge < -0.3 is 9.88 Å². The molecule has 1 amide bonds. The predicted octanol–water partition coefficient (Wildman–Crippen LogP) is 6.98. The Hall–Kier alpha value is -3.40. The van der Waals surface area contributed by atoms with Crippen molar-refractivity contribution < 1.29 is 9.18 Å². The van der Waals surface area contributed by atoms with Gasteiger partial charge >= 0.3 is 0 Å². The molecule has 0 saturated carbocycles. The minimum absolute atomic E-state index is 0.121. The van der Waals surface area contributed by atoms with E-state index in [2.05, 4.69) is 42.8 Å². The SMILES string of the molecule is CC(C)c1c(C(=O)Nc2ccccc2)c(C2(C)C=CC=CC2)c(-c2ccc(F)cc2)n1C. The number of rotatable bonds is 5. The minimum Gasteiger partial charge on any atom is -0.346 e. The highest BCUT2D eigenvalue weighted by Gasteiger charge is 2.37. The molecule has 0 saturated heterocycles. The highest BCUT2D eigenvalue weighted by molar-refractivity contribution is 6.08. The number of amides is 1. The van der Waals surface area contributed by atoms with E-state index in [0.717, 1.165) is 34.6 Å². The van der Waals surface area contributed by atoms with Crippen molar-refractivity contribution in [2.45, 2.75) is 38.5 Å². The third-order valence-corrected chi connectivity index (χ3v) is 6.19. The van der Waals surface area contributed by atoms with Gasteiger partial charge in [-0.2, -0.15) is 0 Å². The van der Waals surface area contributed by atoms with Crippen molar-refractivity contribution in [1.29, 1.82) is 0 Å². The maximum absolute atomic E-state index is 13.8. The van der Waals surface area contributed by atoms with Crippen LogP contribution < -0.4 is 5.32 Å². The second-order valence-corrected chi connectivity index (χ2v) is 8.93. The molecular formula is C28H29FN2O. The fourth-order valence-corrected chi connectivity index (χ4v) is 4.74. The standard InChI is InChI=1S/C28H29FN2O/c1-19(2)25-23(27(32)30-22-11-7-5-8-12-22)24(28(3)17-9-6-10-18-28)26(31(25)4)20-13-15-21(29)16-14-20/h5-17,19H,18H2,1-4H3,(H,30,32). The van der Waals surface area contributed by atoms with Crippen LogP contribution in [0, 0.1) is 5.82 Å². The van der Waals surface area contributed by atoms with Gasteiger partial charge in [0.05, 0.1) is 11.3 Å². The number of anilines is 1. The summed E-state index contributed by atoms with van der Waals surface area (Å²) in [7, 11) is 2.00. The van der Waals surface area contributed by atoms with E-state index in [1.807, 2.05) is 49.5 Å². The van der Waals surface area contributed by atoms with E-state index < -0.39 is 0 Å². The Kier molecular flexibility index (Phi) is 5.88. The molecule has 3 nitrogen and oxygen atoms in total. The van der Waals surface area contributed by atoms with E-state index in [1.165, 1.54) is 12.1 Å². The van der Waals surface area contributed by atoms with Crippen molar-refractivity contribution in [2.75, 3.05) is 5.32 Å². The van der Waals surface area contributed by atoms with Crippen LogP contribution >= 0.6 is 0 Å². The molecule has 32 heavy (non-hydrogen) atoms. The lowest BCUT2D eigenvalue weighted by Crippen LogP contribution is -2.25. The van der Waals surface area contributed by atoms with Crippen LogP contribution in [0.3, 0.4) is 0 Å². The summed E-state index contributed by atoms with van der Waals surface area (Å²) in [5.41, 5.74) is 4.89. The highest BCUT2D eigenvalue weighted by atomic mass is 19.1. The Bertz CT molecular complexity index is 1190. The fraction of sp³-hybridized carbons (Fsp3) is 0.250. The highest BCUT2D eigenvalue weighted by Crippen LogP contribution is 2.45. The summed E-state index contributed by atoms with van der Waals surface area (Å²) in [5, 5.41) is 3.10. The molecule has 1 unspecified atom stereocenters. The number of carbonyl (C=O) groups is 1. The summed E-state index contributed by atoms with van der Waals surface area (Å²) in [6.07, 6.45) is 9.16. The Morgan fingerprint density at radius 2 is 1.75 bits per heavy atom. The van der Waals surface area contributed by atoms with Crippen molar-refractivity contribution >= 4 is 11.6 Å². The Balaban J connectivity index is 1.99. The first-order valence-electron chi connectivity index (χ1n) is 11.0. The maximum atomic E-state index is 13.8. The maximum Gasteiger partial charge on any atom is 0.257 e. The van der Waals surface area contributed by atoms with Crippen LogP contribution in [0.4, 0.5) is 10.1 Å². The predicted molar refractivity (Wildman–Crippen MR) is 130 cm³/mol. The van der Waals surface area contributed by atoms with Gasteiger partial charge in [-0.15, -0.1) is 0 Å². The average Bonchev–Trinajstić information content (AvgIpc) is 3.10. The lowest BCUT2D eigenvalue weighted by atomic mass is 9.74. The monoisotopic (exact) mass is 428 g/mol. The number of hydrogen-bond acceptors (Lipinski definition) is 1. The normalized spacial score (nSPS) is 17.7. The first-order chi connectivity index (χ1) is 15.3. The van der Waals surface area contributed by atoms with Gasteiger partial charge in [-0.25, -0.2) is 4.39 Å². The third-order valence-electron chi connectivity index (χ3n) is 6.19. The molecule has 1 aliphatic rings. The van der Waals surface area contributed by atoms with Crippen molar-refractivity contribution in [1.82, 2.24) is 4.57 Å². The molecule has 1 aliphatic carbocycles. The number of benzene rings is 2. The Morgan fingerprint density at radius 1 is 1.06 bits per heavy atom. The fourth-order valence-electron chi connectivity index (χ4n) is 4.74. The van der Waals surface area contributed by atoms with Crippen molar-refractivity contribution in [3.05, 3.63) is 102 Å². The first-order valence-corrected chi connectivity index (χ1v) is 11.0. The van der Waals surface area contributed by atoms with E-state index in [1.54, 1.807) is 12.1 Å². The van der Waals surface area contributed by atoms with Crippen molar-refractivity contribution in [3.8, 4) is 11.3 Å². The van der Waals surface area contributed by atoms with Crippen LogP contribution in [0.5, 0.6) is 0 Å². The summed E-state index contributed by atoms with van der Waals surface area (Å²) in [6, 6.07) is 16.1. The van der Waals surface area contributed by atoms with Crippen LogP contribution in [0.15, 0.2) is 78.9 Å². The summed E-state index contributed by atoms with van der Waals surface area (Å²) >= 11 is 0. The summed E-state index contributed by atoms with van der Waals surface area (Å²) in [6.45, 7) is 6.37. The zero-order valence-corrected chi connectivity index (χ0v) is 19.0. The van der Waals surface area contributed by atoms with Crippen molar-refractivity contribution in [3.63, 3.8) is 0 Å². The number of nitrogens with zero attached hydrogens (tertiary/aromatic N) is 1. The number of halogens is 1. The number of carbonyl (C=O) groups excluding carboxylic acids is 1. The molecule has 0 aliphatic heterocycles. The second-order valence-electron chi connectivity index (χ2n) is 8.93. The van der Waals surface area contributed by atoms with Crippen LogP contribution in [0.2, 0.25) is 0 Å². The van der Waals surface area contributed by atoms with Crippen LogP contribution in [0.25, 0.3) is 11.3 Å². The van der Waals surface area contributed by atoms with Gasteiger partial charge in [0, 0.05) is 29.4 Å². The molecule has 0 spiro atoms. The van der Waals surface area contributed by atoms with Crippen molar-refractivity contribution in [2.24, 2.45) is 7.05 Å². The van der Waals surface area contributed by atoms with E-state index in [-0.39, 0.29) is 23.1 Å². The van der Waals surface area contributed by atoms with Crippen LogP contribution in [0.1, 0.15) is 54.7 Å². The lowest BCUT2D eigenvalue weighted by molar-refractivity contribution is 0.102. The molecule has 0 fully saturated rings. The largest absolute Gasteiger partial charge is 0.346 e. The molecule has 1 atom stereocenters. The zero-order chi connectivity index (χ0) is 22.9. The molecule has 0 bridgehead atoms. The molecule has 4 heteroatoms. The molecular weight excluding hydrogens is 399 g/mol. The van der Waals surface area contributed by atoms with Gasteiger partial charge in [0.2, 0.25) is 0 Å². The van der Waals surface area contributed by atoms with Gasteiger partial charge in [0.25, 0.3) is 5.91 Å². The lowest BCUT2D eigenvalue weighted by Gasteiger charge is -2.29. The number of aromatic nitrogens is 1. The Morgan fingerprint density at radius 3 is 2.34 bits per heavy atom. The van der Waals surface area contributed by atoms with Gasteiger partial charge in [0.15, 0.2) is 0 Å². The van der Waals surface area contributed by atoms with Crippen LogP contribution in [-0.2, 0) is 12.5 Å². The summed E-state index contributed by atoms with van der Waals surface area (Å²) in [5.74, 6) is -0.276. The Labute approximate surface area is 189 Å². The molecule has 0 radical (unpaired) electrons. The molecule has 1 aromatic heterocycles. The van der Waals surface area contributed by atoms with E-state index in [9.17, 15) is 9.18 Å². The summed E-state index contributed by atoms with van der Waals surface area (Å²) in [4.78, 5) is 13.8. The first kappa shape index (κ1) is 21.8. The number of para-hydroxylation sites is 1. The number of allylic oxidation sites excluding steroid dienone is 4. The number of nitrogens with one attached hydrogen (secondary N) is 1. The molecule has 1 heterocycles. The second kappa shape index (κ2) is 8.62. The van der Waals surface area contributed by atoms with Gasteiger partial charge in [-0.1, -0.05) is 63.3 Å². The smallest absolute Gasteiger partial charge is 0.257 e. The average molecular weight is 429 g/mol. The molecule has 3 aromatic rings. The zero-order valence-electron chi connectivity index (χ0n) is 19.0. The summed E-state index contributed by atoms with van der Waals surface area (Å²) < 4.78 is 15.8. The number of hydrogen-bond donors (Lipinski definition) is 1. The topological polar surface area (TPSA) is 34.0 Å². The van der Waals surface area contributed by atoms with Crippen LogP contribution in [-0.4, -0.2) is 10.5 Å². The van der Waals surface area contributed by atoms with Gasteiger partial charge in [-0.3, -0.25) is 4.79 Å². The van der Waals surface area contributed by atoms with Gasteiger partial charge in [-0.05, 0) is 54.3 Å². The molecule has 2 aromatic carbocycles. The molecule has 1 N–H and O–H groups in total. The van der Waals surface area contributed by atoms with E-state index >= 15 is 0 Å². The van der Waals surface area contributed by atoms with E-state index in [4.69, 9.17) is 0 Å². The molecule has 164 valence electrons. The quantitative estimate of drug-likeness (QED) is 0.467. The molecule has 4 rings (SSSR count). The van der Waals surface area contributed by atoms with E-state index in [0.29, 0.717) is 5.56 Å². The van der Waals surface area contributed by atoms with Gasteiger partial charge in [0.1, 0.15) is 5.82 Å². The third kappa shape index (κ3) is 3.93.